The van der Waals surface area contributed by atoms with Crippen LogP contribution in [0.4, 0.5) is 5.69 Å². The Morgan fingerprint density at radius 1 is 1.25 bits per heavy atom. The molecule has 1 heterocycles. The van der Waals surface area contributed by atoms with E-state index in [1.807, 2.05) is 12.4 Å². The van der Waals surface area contributed by atoms with Crippen molar-refractivity contribution in [2.45, 2.75) is 25.8 Å². The zero-order valence-corrected chi connectivity index (χ0v) is 9.50. The Balaban J connectivity index is 1.66. The van der Waals surface area contributed by atoms with E-state index in [0.717, 1.165) is 23.4 Å². The van der Waals surface area contributed by atoms with Crippen LogP contribution in [0.3, 0.4) is 0 Å². The predicted octanol–water partition coefficient (Wildman–Crippen LogP) is 2.49. The Labute approximate surface area is 96.0 Å². The van der Waals surface area contributed by atoms with Crippen molar-refractivity contribution < 1.29 is 0 Å². The fourth-order valence-corrected chi connectivity index (χ4v) is 3.14. The van der Waals surface area contributed by atoms with Crippen molar-refractivity contribution in [2.24, 2.45) is 17.8 Å². The number of anilines is 1. The monoisotopic (exact) mass is 215 g/mol. The van der Waals surface area contributed by atoms with Gasteiger partial charge in [0.25, 0.3) is 0 Å². The van der Waals surface area contributed by atoms with E-state index in [2.05, 4.69) is 34.4 Å². The lowest BCUT2D eigenvalue weighted by molar-refractivity contribution is 0.399. The molecule has 2 aliphatic rings. The number of rotatable bonds is 3. The third-order valence-corrected chi connectivity index (χ3v) is 3.93. The van der Waals surface area contributed by atoms with E-state index in [1.54, 1.807) is 6.33 Å². The van der Waals surface area contributed by atoms with Crippen molar-refractivity contribution in [1.29, 1.82) is 0 Å². The highest BCUT2D eigenvalue weighted by atomic mass is 15.0. The minimum atomic E-state index is 0.506. The maximum absolute atomic E-state index is 4.02. The summed E-state index contributed by atoms with van der Waals surface area (Å²) in [5.74, 6) is 2.40. The van der Waals surface area contributed by atoms with Gasteiger partial charge in [0, 0.05) is 6.04 Å². The van der Waals surface area contributed by atoms with Gasteiger partial charge in [-0.15, -0.1) is 0 Å². The zero-order valence-electron chi connectivity index (χ0n) is 9.50. The number of hydrogen-bond donors (Lipinski definition) is 1. The second-order valence-corrected chi connectivity index (χ2v) is 5.00. The molecule has 84 valence electrons. The minimum absolute atomic E-state index is 0.506. The average molecular weight is 215 g/mol. The molecule has 2 bridgehead atoms. The fourth-order valence-electron chi connectivity index (χ4n) is 3.14. The molecular formula is C13H17N3. The van der Waals surface area contributed by atoms with E-state index in [1.165, 1.54) is 12.8 Å². The molecule has 1 N–H and O–H groups in total. The van der Waals surface area contributed by atoms with Crippen molar-refractivity contribution in [3.05, 3.63) is 30.9 Å². The number of allylic oxidation sites excluding steroid dienone is 2. The van der Waals surface area contributed by atoms with Crippen LogP contribution in [0.1, 0.15) is 19.8 Å². The quantitative estimate of drug-likeness (QED) is 0.787. The summed E-state index contributed by atoms with van der Waals surface area (Å²) in [6, 6.07) is 0.506. The summed E-state index contributed by atoms with van der Waals surface area (Å²) in [4.78, 5) is 8.05. The average Bonchev–Trinajstić information content (AvgIpc) is 2.92. The van der Waals surface area contributed by atoms with Gasteiger partial charge in [0.05, 0.1) is 18.1 Å². The Morgan fingerprint density at radius 2 is 2.06 bits per heavy atom. The van der Waals surface area contributed by atoms with E-state index < -0.39 is 0 Å². The number of aromatic nitrogens is 2. The molecule has 1 aromatic rings. The maximum atomic E-state index is 4.02. The summed E-state index contributed by atoms with van der Waals surface area (Å²) >= 11 is 0. The van der Waals surface area contributed by atoms with E-state index in [-0.39, 0.29) is 0 Å². The molecule has 0 amide bonds. The van der Waals surface area contributed by atoms with Crippen molar-refractivity contribution in [3.8, 4) is 0 Å². The summed E-state index contributed by atoms with van der Waals surface area (Å²) in [6.45, 7) is 2.27. The van der Waals surface area contributed by atoms with Crippen LogP contribution in [0.25, 0.3) is 0 Å². The number of nitrogens with zero attached hydrogens (tertiary/aromatic N) is 2. The number of fused-ring (bicyclic) bond motifs is 2. The van der Waals surface area contributed by atoms with Crippen LogP contribution in [0.2, 0.25) is 0 Å². The van der Waals surface area contributed by atoms with Gasteiger partial charge in [0.2, 0.25) is 0 Å². The molecule has 0 saturated heterocycles. The largest absolute Gasteiger partial charge is 0.380 e. The number of hydrogen-bond acceptors (Lipinski definition) is 3. The first kappa shape index (κ1) is 9.82. The lowest BCUT2D eigenvalue weighted by Gasteiger charge is -2.26. The fraction of sp³-hybridized carbons (Fsp3) is 0.538. The maximum Gasteiger partial charge on any atom is 0.115 e. The Kier molecular flexibility index (Phi) is 2.39. The molecule has 3 nitrogen and oxygen atoms in total. The van der Waals surface area contributed by atoms with Gasteiger partial charge in [0.1, 0.15) is 6.33 Å². The topological polar surface area (TPSA) is 37.8 Å². The van der Waals surface area contributed by atoms with E-state index in [0.29, 0.717) is 6.04 Å². The molecule has 2 aliphatic carbocycles. The van der Waals surface area contributed by atoms with Crippen LogP contribution in [0.5, 0.6) is 0 Å². The highest BCUT2D eigenvalue weighted by molar-refractivity contribution is 5.38. The molecular weight excluding hydrogens is 198 g/mol. The summed E-state index contributed by atoms with van der Waals surface area (Å²) in [6.07, 6.45) is 12.7. The first-order chi connectivity index (χ1) is 7.83. The lowest BCUT2D eigenvalue weighted by atomic mass is 9.87. The standard InChI is InChI=1S/C13H17N3/c1-9(16-12-6-14-8-15-7-12)13-5-10-2-3-11(13)4-10/h2-3,6-11,13,16H,4-5H2,1H3. The zero-order chi connectivity index (χ0) is 11.0. The van der Waals surface area contributed by atoms with Crippen molar-refractivity contribution >= 4 is 5.69 Å². The van der Waals surface area contributed by atoms with Gasteiger partial charge in [-0.3, -0.25) is 0 Å². The minimum Gasteiger partial charge on any atom is -0.380 e. The normalized spacial score (nSPS) is 32.9. The molecule has 1 saturated carbocycles. The van der Waals surface area contributed by atoms with Crippen molar-refractivity contribution in [1.82, 2.24) is 9.97 Å². The van der Waals surface area contributed by atoms with E-state index >= 15 is 0 Å². The molecule has 4 unspecified atom stereocenters. The Morgan fingerprint density at radius 3 is 2.69 bits per heavy atom. The molecule has 0 aliphatic heterocycles. The number of nitrogens with one attached hydrogen (secondary N) is 1. The van der Waals surface area contributed by atoms with Crippen LogP contribution in [0, 0.1) is 17.8 Å². The molecule has 3 rings (SSSR count). The van der Waals surface area contributed by atoms with Crippen LogP contribution in [-0.4, -0.2) is 16.0 Å². The van der Waals surface area contributed by atoms with Gasteiger partial charge in [-0.1, -0.05) is 12.2 Å². The van der Waals surface area contributed by atoms with Gasteiger partial charge in [0.15, 0.2) is 0 Å². The second-order valence-electron chi connectivity index (χ2n) is 5.00. The molecule has 16 heavy (non-hydrogen) atoms. The smallest absolute Gasteiger partial charge is 0.115 e. The van der Waals surface area contributed by atoms with Gasteiger partial charge >= 0.3 is 0 Å². The summed E-state index contributed by atoms with van der Waals surface area (Å²) in [5, 5.41) is 3.51. The molecule has 3 heteroatoms. The molecule has 4 atom stereocenters. The summed E-state index contributed by atoms with van der Waals surface area (Å²) < 4.78 is 0. The second kappa shape index (κ2) is 3.89. The summed E-state index contributed by atoms with van der Waals surface area (Å²) in [5.41, 5.74) is 1.03. The SMILES string of the molecule is CC(Nc1cncnc1)C1CC2C=CC1C2. The van der Waals surface area contributed by atoms with Crippen molar-refractivity contribution in [2.75, 3.05) is 5.32 Å². The van der Waals surface area contributed by atoms with Crippen molar-refractivity contribution in [3.63, 3.8) is 0 Å². The molecule has 0 radical (unpaired) electrons. The Hall–Kier alpha value is -1.38. The van der Waals surface area contributed by atoms with E-state index in [9.17, 15) is 0 Å². The first-order valence-corrected chi connectivity index (χ1v) is 6.03. The van der Waals surface area contributed by atoms with E-state index in [4.69, 9.17) is 0 Å². The van der Waals surface area contributed by atoms with Gasteiger partial charge < -0.3 is 5.32 Å². The van der Waals surface area contributed by atoms with Gasteiger partial charge in [-0.25, -0.2) is 9.97 Å². The highest BCUT2D eigenvalue weighted by Crippen LogP contribution is 2.45. The van der Waals surface area contributed by atoms with Crippen LogP contribution in [0.15, 0.2) is 30.9 Å². The lowest BCUT2D eigenvalue weighted by Crippen LogP contribution is -2.28. The molecule has 1 fully saturated rings. The third kappa shape index (κ3) is 1.70. The first-order valence-electron chi connectivity index (χ1n) is 6.03. The van der Waals surface area contributed by atoms with Crippen LogP contribution < -0.4 is 5.32 Å². The highest BCUT2D eigenvalue weighted by Gasteiger charge is 2.38. The summed E-state index contributed by atoms with van der Waals surface area (Å²) in [7, 11) is 0. The predicted molar refractivity (Wildman–Crippen MR) is 64.0 cm³/mol. The van der Waals surface area contributed by atoms with Crippen LogP contribution >= 0.6 is 0 Å². The Bertz CT molecular complexity index is 387. The molecule has 1 aromatic heterocycles. The molecule has 0 aromatic carbocycles. The van der Waals surface area contributed by atoms with Gasteiger partial charge in [-0.05, 0) is 37.5 Å². The molecule has 0 spiro atoms. The van der Waals surface area contributed by atoms with Gasteiger partial charge in [-0.2, -0.15) is 0 Å². The van der Waals surface area contributed by atoms with Crippen LogP contribution in [-0.2, 0) is 0 Å². The third-order valence-electron chi connectivity index (χ3n) is 3.93.